The summed E-state index contributed by atoms with van der Waals surface area (Å²) in [5.41, 5.74) is 1.11. The highest BCUT2D eigenvalue weighted by molar-refractivity contribution is 7.89. The highest BCUT2D eigenvalue weighted by Gasteiger charge is 2.17. The molecule has 0 atom stereocenters. The molecule has 0 saturated heterocycles. The lowest BCUT2D eigenvalue weighted by atomic mass is 10.2. The number of rotatable bonds is 9. The van der Waals surface area contributed by atoms with E-state index in [-0.39, 0.29) is 12.3 Å². The highest BCUT2D eigenvalue weighted by Crippen LogP contribution is 2.15. The first-order valence-corrected chi connectivity index (χ1v) is 9.76. The van der Waals surface area contributed by atoms with Gasteiger partial charge < -0.3 is 4.90 Å². The van der Waals surface area contributed by atoms with Crippen molar-refractivity contribution in [2.45, 2.75) is 33.4 Å². The second-order valence-corrected chi connectivity index (χ2v) is 7.73. The number of sulfonamides is 1. The summed E-state index contributed by atoms with van der Waals surface area (Å²) in [6.45, 7) is 5.30. The van der Waals surface area contributed by atoms with E-state index in [1.807, 2.05) is 46.8 Å². The van der Waals surface area contributed by atoms with Gasteiger partial charge in [0.25, 0.3) is 0 Å². The number of nitrogens with zero attached hydrogens (tertiary/aromatic N) is 4. The molecule has 24 heavy (non-hydrogen) atoms. The van der Waals surface area contributed by atoms with Crippen LogP contribution < -0.4 is 9.62 Å². The zero-order chi connectivity index (χ0) is 17.6. The Bertz CT molecular complexity index is 743. The molecule has 8 heteroatoms. The van der Waals surface area contributed by atoms with E-state index in [1.165, 1.54) is 0 Å². The van der Waals surface area contributed by atoms with Gasteiger partial charge in [0.05, 0.1) is 18.8 Å². The number of nitrogens with one attached hydrogen (secondary N) is 1. The molecule has 0 aliphatic carbocycles. The molecule has 7 nitrogen and oxygen atoms in total. The quantitative estimate of drug-likeness (QED) is 0.742. The van der Waals surface area contributed by atoms with Crippen molar-refractivity contribution >= 4 is 16.0 Å². The van der Waals surface area contributed by atoms with Gasteiger partial charge in [0.2, 0.25) is 16.0 Å². The monoisotopic (exact) mass is 351 g/mol. The second kappa shape index (κ2) is 8.25. The molecule has 132 valence electrons. The predicted octanol–water partition coefficient (Wildman–Crippen LogP) is 1.61. The van der Waals surface area contributed by atoms with Gasteiger partial charge in [0.15, 0.2) is 0 Å². The van der Waals surface area contributed by atoms with Gasteiger partial charge in [-0.25, -0.2) is 13.1 Å². The van der Waals surface area contributed by atoms with Crippen LogP contribution >= 0.6 is 0 Å². The summed E-state index contributed by atoms with van der Waals surface area (Å²) in [7, 11) is -1.31. The summed E-state index contributed by atoms with van der Waals surface area (Å²) in [5.74, 6) is 1.39. The lowest BCUT2D eigenvalue weighted by Gasteiger charge is -2.19. The minimum atomic E-state index is -3.27. The first kappa shape index (κ1) is 18.4. The number of aromatic nitrogens is 3. The first-order valence-electron chi connectivity index (χ1n) is 8.11. The van der Waals surface area contributed by atoms with Gasteiger partial charge in [-0.3, -0.25) is 4.57 Å². The van der Waals surface area contributed by atoms with E-state index in [2.05, 4.69) is 21.8 Å². The molecule has 2 rings (SSSR count). The van der Waals surface area contributed by atoms with E-state index in [9.17, 15) is 8.42 Å². The number of hydrogen-bond donors (Lipinski definition) is 1. The Hall–Kier alpha value is -1.93. The maximum atomic E-state index is 11.7. The molecule has 1 heterocycles. The molecular weight excluding hydrogens is 326 g/mol. The average molecular weight is 351 g/mol. The SMILES string of the molecule is CCCN(C)c1nnc(CNS(=O)(=O)CC)n1Cc1ccccc1. The summed E-state index contributed by atoms with van der Waals surface area (Å²) in [5, 5.41) is 8.46. The fourth-order valence-corrected chi connectivity index (χ4v) is 2.93. The Morgan fingerprint density at radius 1 is 1.17 bits per heavy atom. The van der Waals surface area contributed by atoms with Crippen LogP contribution in [-0.2, 0) is 23.1 Å². The van der Waals surface area contributed by atoms with Gasteiger partial charge in [-0.1, -0.05) is 37.3 Å². The zero-order valence-electron chi connectivity index (χ0n) is 14.4. The van der Waals surface area contributed by atoms with E-state index in [0.717, 1.165) is 24.5 Å². The smallest absolute Gasteiger partial charge is 0.227 e. The minimum absolute atomic E-state index is 0.0441. The summed E-state index contributed by atoms with van der Waals surface area (Å²) in [6, 6.07) is 9.99. The maximum absolute atomic E-state index is 11.7. The van der Waals surface area contributed by atoms with Crippen LogP contribution in [0.4, 0.5) is 5.95 Å². The van der Waals surface area contributed by atoms with Gasteiger partial charge in [-0.05, 0) is 18.9 Å². The van der Waals surface area contributed by atoms with Crippen LogP contribution in [0.2, 0.25) is 0 Å². The lowest BCUT2D eigenvalue weighted by molar-refractivity contribution is 0.577. The van der Waals surface area contributed by atoms with Crippen molar-refractivity contribution in [2.24, 2.45) is 0 Å². The van der Waals surface area contributed by atoms with Gasteiger partial charge in [0.1, 0.15) is 5.82 Å². The van der Waals surface area contributed by atoms with E-state index >= 15 is 0 Å². The summed E-state index contributed by atoms with van der Waals surface area (Å²) < 4.78 is 27.9. The van der Waals surface area contributed by atoms with Crippen molar-refractivity contribution in [2.75, 3.05) is 24.2 Å². The average Bonchev–Trinajstić information content (AvgIpc) is 2.97. The molecule has 0 saturated carbocycles. The molecule has 0 fully saturated rings. The number of anilines is 1. The summed E-state index contributed by atoms with van der Waals surface area (Å²) in [6.07, 6.45) is 0.993. The fraction of sp³-hybridized carbons (Fsp3) is 0.500. The van der Waals surface area contributed by atoms with E-state index < -0.39 is 10.0 Å². The molecule has 1 aromatic carbocycles. The Morgan fingerprint density at radius 3 is 2.50 bits per heavy atom. The van der Waals surface area contributed by atoms with Crippen LogP contribution in [0.5, 0.6) is 0 Å². The molecule has 0 aliphatic heterocycles. The highest BCUT2D eigenvalue weighted by atomic mass is 32.2. The number of hydrogen-bond acceptors (Lipinski definition) is 5. The van der Waals surface area contributed by atoms with Crippen molar-refractivity contribution in [3.63, 3.8) is 0 Å². The van der Waals surface area contributed by atoms with Gasteiger partial charge >= 0.3 is 0 Å². The molecule has 0 unspecified atom stereocenters. The van der Waals surface area contributed by atoms with E-state index in [4.69, 9.17) is 0 Å². The van der Waals surface area contributed by atoms with Crippen molar-refractivity contribution < 1.29 is 8.42 Å². The van der Waals surface area contributed by atoms with Crippen LogP contribution in [0.3, 0.4) is 0 Å². The topological polar surface area (TPSA) is 80.1 Å². The van der Waals surface area contributed by atoms with Crippen molar-refractivity contribution in [3.8, 4) is 0 Å². The maximum Gasteiger partial charge on any atom is 0.227 e. The Morgan fingerprint density at radius 2 is 1.88 bits per heavy atom. The molecule has 0 radical (unpaired) electrons. The Labute approximate surface area is 143 Å². The number of benzene rings is 1. The molecule has 0 aliphatic rings. The normalized spacial score (nSPS) is 11.6. The zero-order valence-corrected chi connectivity index (χ0v) is 15.3. The molecule has 1 N–H and O–H groups in total. The van der Waals surface area contributed by atoms with Crippen LogP contribution in [0.25, 0.3) is 0 Å². The lowest BCUT2D eigenvalue weighted by Crippen LogP contribution is -2.27. The van der Waals surface area contributed by atoms with E-state index in [0.29, 0.717) is 12.4 Å². The molecule has 0 bridgehead atoms. The third-order valence-electron chi connectivity index (χ3n) is 3.72. The van der Waals surface area contributed by atoms with Crippen LogP contribution in [0, 0.1) is 0 Å². The van der Waals surface area contributed by atoms with Crippen molar-refractivity contribution in [1.82, 2.24) is 19.5 Å². The Balaban J connectivity index is 2.29. The Kier molecular flexibility index (Phi) is 6.33. The third kappa shape index (κ3) is 4.78. The largest absolute Gasteiger partial charge is 0.344 e. The molecule has 0 spiro atoms. The first-order chi connectivity index (χ1) is 11.5. The molecular formula is C16H25N5O2S. The standard InChI is InChI=1S/C16H25N5O2S/c1-4-11-20(3)16-19-18-15(12-17-24(22,23)5-2)21(16)13-14-9-7-6-8-10-14/h6-10,17H,4-5,11-13H2,1-3H3. The summed E-state index contributed by atoms with van der Waals surface area (Å²) >= 11 is 0. The second-order valence-electron chi connectivity index (χ2n) is 5.63. The summed E-state index contributed by atoms with van der Waals surface area (Å²) in [4.78, 5) is 2.04. The van der Waals surface area contributed by atoms with Gasteiger partial charge in [-0.15, -0.1) is 10.2 Å². The van der Waals surface area contributed by atoms with Gasteiger partial charge in [-0.2, -0.15) is 0 Å². The van der Waals surface area contributed by atoms with Crippen molar-refractivity contribution in [1.29, 1.82) is 0 Å². The van der Waals surface area contributed by atoms with Crippen LogP contribution in [0.15, 0.2) is 30.3 Å². The fourth-order valence-electron chi connectivity index (χ4n) is 2.38. The van der Waals surface area contributed by atoms with Crippen molar-refractivity contribution in [3.05, 3.63) is 41.7 Å². The van der Waals surface area contributed by atoms with Crippen LogP contribution in [-0.4, -0.2) is 42.5 Å². The molecule has 0 amide bonds. The van der Waals surface area contributed by atoms with Crippen LogP contribution in [0.1, 0.15) is 31.7 Å². The van der Waals surface area contributed by atoms with Gasteiger partial charge in [0, 0.05) is 13.6 Å². The minimum Gasteiger partial charge on any atom is -0.344 e. The van der Waals surface area contributed by atoms with E-state index in [1.54, 1.807) is 6.92 Å². The predicted molar refractivity (Wildman–Crippen MR) is 95.4 cm³/mol. The molecule has 2 aromatic rings. The molecule has 1 aromatic heterocycles. The third-order valence-corrected chi connectivity index (χ3v) is 5.07.